The number of halogens is 1. The van der Waals surface area contributed by atoms with Gasteiger partial charge in [-0.2, -0.15) is 4.31 Å². The quantitative estimate of drug-likeness (QED) is 0.802. The van der Waals surface area contributed by atoms with Gasteiger partial charge in [0.2, 0.25) is 10.0 Å². The van der Waals surface area contributed by atoms with Gasteiger partial charge in [-0.1, -0.05) is 6.07 Å². The zero-order valence-corrected chi connectivity index (χ0v) is 17.6. The van der Waals surface area contributed by atoms with Crippen LogP contribution in [-0.2, 0) is 14.8 Å². The third-order valence-corrected chi connectivity index (χ3v) is 6.69. The molecular weight excluding hydrogens is 390 g/mol. The van der Waals surface area contributed by atoms with Gasteiger partial charge in [-0.3, -0.25) is 4.79 Å². The Morgan fingerprint density at radius 3 is 2.48 bits per heavy atom. The number of morpholine rings is 1. The third-order valence-electron chi connectivity index (χ3n) is 4.87. The number of piperazine rings is 1. The van der Waals surface area contributed by atoms with Crippen LogP contribution >= 0.6 is 12.4 Å². The van der Waals surface area contributed by atoms with E-state index in [0.29, 0.717) is 25.2 Å². The molecule has 2 aliphatic rings. The van der Waals surface area contributed by atoms with Gasteiger partial charge in [0, 0.05) is 44.3 Å². The fourth-order valence-electron chi connectivity index (χ4n) is 3.57. The summed E-state index contributed by atoms with van der Waals surface area (Å²) < 4.78 is 33.1. The first kappa shape index (κ1) is 22.1. The molecule has 0 radical (unpaired) electrons. The van der Waals surface area contributed by atoms with Gasteiger partial charge in [0.15, 0.2) is 0 Å². The second kappa shape index (κ2) is 8.87. The van der Waals surface area contributed by atoms with E-state index in [0.717, 1.165) is 13.1 Å². The molecule has 0 bridgehead atoms. The number of ether oxygens (including phenoxy) is 1. The number of carbonyl (C=O) groups is 1. The lowest BCUT2D eigenvalue weighted by Gasteiger charge is -2.35. The normalized spacial score (nSPS) is 27.1. The van der Waals surface area contributed by atoms with Crippen LogP contribution in [0.2, 0.25) is 0 Å². The fourth-order valence-corrected chi connectivity index (χ4v) is 5.21. The molecular formula is C18H28ClN3O4S. The van der Waals surface area contributed by atoms with Crippen LogP contribution in [0.5, 0.6) is 0 Å². The van der Waals surface area contributed by atoms with Crippen molar-refractivity contribution in [2.75, 3.05) is 32.7 Å². The largest absolute Gasteiger partial charge is 0.373 e. The summed E-state index contributed by atoms with van der Waals surface area (Å²) in [6.45, 7) is 8.47. The Labute approximate surface area is 167 Å². The van der Waals surface area contributed by atoms with Crippen molar-refractivity contribution in [1.82, 2.24) is 14.5 Å². The molecule has 1 N–H and O–H groups in total. The Morgan fingerprint density at radius 2 is 1.85 bits per heavy atom. The minimum Gasteiger partial charge on any atom is -0.373 e. The predicted octanol–water partition coefficient (Wildman–Crippen LogP) is 1.34. The number of nitrogens with zero attached hydrogens (tertiary/aromatic N) is 2. The van der Waals surface area contributed by atoms with Crippen molar-refractivity contribution in [3.8, 4) is 0 Å². The van der Waals surface area contributed by atoms with Gasteiger partial charge in [-0.05, 0) is 39.0 Å². The lowest BCUT2D eigenvalue weighted by molar-refractivity contribution is -0.0440. The third kappa shape index (κ3) is 4.81. The number of rotatable bonds is 3. The average molecular weight is 418 g/mol. The van der Waals surface area contributed by atoms with E-state index in [1.54, 1.807) is 23.1 Å². The number of nitrogens with one attached hydrogen (secondary N) is 1. The van der Waals surface area contributed by atoms with Crippen LogP contribution in [0.1, 0.15) is 31.1 Å². The van der Waals surface area contributed by atoms with Crippen molar-refractivity contribution in [3.63, 3.8) is 0 Å². The molecule has 1 aromatic carbocycles. The molecule has 2 fully saturated rings. The minimum absolute atomic E-state index is 0. The van der Waals surface area contributed by atoms with Crippen LogP contribution in [-0.4, -0.2) is 74.5 Å². The van der Waals surface area contributed by atoms with Crippen molar-refractivity contribution in [1.29, 1.82) is 0 Å². The summed E-state index contributed by atoms with van der Waals surface area (Å²) in [6.07, 6.45) is -0.305. The number of sulfonamides is 1. The molecule has 3 atom stereocenters. The fraction of sp³-hybridized carbons (Fsp3) is 0.611. The first-order valence-corrected chi connectivity index (χ1v) is 10.5. The minimum atomic E-state index is -3.66. The summed E-state index contributed by atoms with van der Waals surface area (Å²) in [6, 6.07) is 6.45. The molecule has 2 unspecified atom stereocenters. The van der Waals surface area contributed by atoms with Gasteiger partial charge >= 0.3 is 0 Å². The first-order chi connectivity index (χ1) is 12.3. The maximum atomic E-state index is 13.0. The molecule has 7 nitrogen and oxygen atoms in total. The van der Waals surface area contributed by atoms with Crippen molar-refractivity contribution in [2.45, 2.75) is 43.9 Å². The highest BCUT2D eigenvalue weighted by atomic mass is 35.5. The van der Waals surface area contributed by atoms with Crippen LogP contribution in [0.4, 0.5) is 0 Å². The predicted molar refractivity (Wildman–Crippen MR) is 106 cm³/mol. The van der Waals surface area contributed by atoms with Gasteiger partial charge in [0.25, 0.3) is 5.91 Å². The molecule has 0 aromatic heterocycles. The summed E-state index contributed by atoms with van der Waals surface area (Å²) in [4.78, 5) is 14.8. The van der Waals surface area contributed by atoms with Crippen LogP contribution in [0.25, 0.3) is 0 Å². The topological polar surface area (TPSA) is 79.0 Å². The highest BCUT2D eigenvalue weighted by molar-refractivity contribution is 7.89. The lowest BCUT2D eigenvalue weighted by atomic mass is 10.1. The van der Waals surface area contributed by atoms with Crippen molar-refractivity contribution >= 4 is 28.3 Å². The lowest BCUT2D eigenvalue weighted by Crippen LogP contribution is -2.52. The maximum Gasteiger partial charge on any atom is 0.254 e. The second-order valence-corrected chi connectivity index (χ2v) is 9.10. The summed E-state index contributed by atoms with van der Waals surface area (Å²) in [7, 11) is -3.66. The van der Waals surface area contributed by atoms with Crippen LogP contribution in [0, 0.1) is 0 Å². The highest BCUT2D eigenvalue weighted by Crippen LogP contribution is 2.22. The summed E-state index contributed by atoms with van der Waals surface area (Å²) in [5.41, 5.74) is 0.411. The van der Waals surface area contributed by atoms with Crippen LogP contribution in [0.3, 0.4) is 0 Å². The van der Waals surface area contributed by atoms with E-state index < -0.39 is 10.0 Å². The number of carbonyl (C=O) groups excluding carboxylic acids is 1. The van der Waals surface area contributed by atoms with Crippen LogP contribution < -0.4 is 5.32 Å². The number of amides is 1. The standard InChI is InChI=1S/C18H27N3O4S.ClH/c1-13-10-19-7-8-21(13)18(22)16-5-4-6-17(9-16)26(23,24)20-11-14(2)25-15(3)12-20;/h4-6,9,13-15,19H,7-8,10-12H2,1-3H3;1H/t13-,14?,15?;/m1./s1. The van der Waals surface area contributed by atoms with E-state index in [2.05, 4.69) is 5.32 Å². The molecule has 2 saturated heterocycles. The molecule has 27 heavy (non-hydrogen) atoms. The average Bonchev–Trinajstić information content (AvgIpc) is 2.61. The van der Waals surface area contributed by atoms with E-state index in [-0.39, 0.29) is 41.5 Å². The monoisotopic (exact) mass is 417 g/mol. The van der Waals surface area contributed by atoms with Crippen molar-refractivity contribution < 1.29 is 17.9 Å². The van der Waals surface area contributed by atoms with Crippen molar-refractivity contribution in [2.24, 2.45) is 0 Å². The number of benzene rings is 1. The van der Waals surface area contributed by atoms with Gasteiger partial charge in [-0.25, -0.2) is 8.42 Å². The Bertz CT molecular complexity index is 764. The summed E-state index contributed by atoms with van der Waals surface area (Å²) in [5.74, 6) is -0.125. The highest BCUT2D eigenvalue weighted by Gasteiger charge is 2.33. The van der Waals surface area contributed by atoms with Gasteiger partial charge < -0.3 is 15.0 Å². The van der Waals surface area contributed by atoms with E-state index in [4.69, 9.17) is 4.74 Å². The Hall–Kier alpha value is -1.19. The van der Waals surface area contributed by atoms with E-state index in [1.165, 1.54) is 10.4 Å². The van der Waals surface area contributed by atoms with Gasteiger partial charge in [0.05, 0.1) is 17.1 Å². The Morgan fingerprint density at radius 1 is 1.19 bits per heavy atom. The second-order valence-electron chi connectivity index (χ2n) is 7.16. The number of hydrogen-bond acceptors (Lipinski definition) is 5. The SMILES string of the molecule is CC1CN(S(=O)(=O)c2cccc(C(=O)N3CCNC[C@H]3C)c2)CC(C)O1.Cl. The molecule has 1 amide bonds. The van der Waals surface area contributed by atoms with Gasteiger partial charge in [-0.15, -0.1) is 12.4 Å². The molecule has 152 valence electrons. The summed E-state index contributed by atoms with van der Waals surface area (Å²) >= 11 is 0. The smallest absolute Gasteiger partial charge is 0.254 e. The Balaban J connectivity index is 0.00000261. The van der Waals surface area contributed by atoms with Gasteiger partial charge in [0.1, 0.15) is 0 Å². The molecule has 2 heterocycles. The van der Waals surface area contributed by atoms with E-state index in [1.807, 2.05) is 20.8 Å². The van der Waals surface area contributed by atoms with Crippen molar-refractivity contribution in [3.05, 3.63) is 29.8 Å². The van der Waals surface area contributed by atoms with E-state index >= 15 is 0 Å². The molecule has 0 spiro atoms. The zero-order valence-electron chi connectivity index (χ0n) is 15.9. The molecule has 0 saturated carbocycles. The maximum absolute atomic E-state index is 13.0. The first-order valence-electron chi connectivity index (χ1n) is 9.06. The molecule has 1 aromatic rings. The molecule has 3 rings (SSSR count). The Kier molecular flexibility index (Phi) is 7.27. The molecule has 9 heteroatoms. The van der Waals surface area contributed by atoms with Crippen LogP contribution in [0.15, 0.2) is 29.2 Å². The molecule has 0 aliphatic carbocycles. The van der Waals surface area contributed by atoms with E-state index in [9.17, 15) is 13.2 Å². The summed E-state index contributed by atoms with van der Waals surface area (Å²) in [5, 5.41) is 3.25. The molecule has 2 aliphatic heterocycles. The number of hydrogen-bond donors (Lipinski definition) is 1. The zero-order chi connectivity index (χ0) is 18.9.